The van der Waals surface area contributed by atoms with E-state index in [0.29, 0.717) is 15.7 Å². The monoisotopic (exact) mass is 477 g/mol. The van der Waals surface area contributed by atoms with E-state index >= 15 is 0 Å². The van der Waals surface area contributed by atoms with Crippen molar-refractivity contribution < 1.29 is 14.5 Å². The molecule has 0 fully saturated rings. The lowest BCUT2D eigenvalue weighted by atomic mass is 9.98. The van der Waals surface area contributed by atoms with Gasteiger partial charge in [-0.2, -0.15) is 5.10 Å². The lowest BCUT2D eigenvalue weighted by Gasteiger charge is -2.08. The minimum atomic E-state index is -0.534. The van der Waals surface area contributed by atoms with Crippen LogP contribution in [0.25, 0.3) is 0 Å². The Morgan fingerprint density at radius 2 is 1.89 bits per heavy atom. The number of hydrogen-bond donors (Lipinski definition) is 0. The summed E-state index contributed by atoms with van der Waals surface area (Å²) in [6, 6.07) is 12.2. The fraction of sp³-hybridized carbons (Fsp3) is 0.158. The van der Waals surface area contributed by atoms with E-state index in [4.69, 9.17) is 4.74 Å². The van der Waals surface area contributed by atoms with Gasteiger partial charge in [-0.25, -0.2) is 0 Å². The van der Waals surface area contributed by atoms with Crippen molar-refractivity contribution in [3.8, 4) is 5.75 Å². The molecule has 1 aromatic heterocycles. The van der Waals surface area contributed by atoms with Crippen LogP contribution in [0.15, 0.2) is 48.7 Å². The van der Waals surface area contributed by atoms with Gasteiger partial charge in [-0.05, 0) is 58.3 Å². The van der Waals surface area contributed by atoms with E-state index in [1.807, 2.05) is 46.9 Å². The Morgan fingerprint density at radius 1 is 1.22 bits per heavy atom. The van der Waals surface area contributed by atoms with Crippen LogP contribution >= 0.6 is 22.6 Å². The van der Waals surface area contributed by atoms with Crippen LogP contribution in [-0.2, 0) is 13.5 Å². The van der Waals surface area contributed by atoms with Crippen molar-refractivity contribution >= 4 is 34.1 Å². The lowest BCUT2D eigenvalue weighted by molar-refractivity contribution is -0.385. The van der Waals surface area contributed by atoms with Crippen molar-refractivity contribution in [2.75, 3.05) is 7.11 Å². The van der Waals surface area contributed by atoms with Gasteiger partial charge in [0.15, 0.2) is 0 Å². The summed E-state index contributed by atoms with van der Waals surface area (Å²) in [6.07, 6.45) is 2.10. The summed E-state index contributed by atoms with van der Waals surface area (Å²) in [7, 11) is 3.24. The minimum Gasteiger partial charge on any atom is -0.497 e. The number of benzene rings is 2. The van der Waals surface area contributed by atoms with Crippen molar-refractivity contribution in [3.05, 3.63) is 84.7 Å². The van der Waals surface area contributed by atoms with Crippen LogP contribution in [-0.4, -0.2) is 27.6 Å². The predicted octanol–water partition coefficient (Wildman–Crippen LogP) is 3.76. The summed E-state index contributed by atoms with van der Waals surface area (Å²) in [4.78, 5) is 23.9. The molecular formula is C19H16IN3O4. The van der Waals surface area contributed by atoms with Crippen molar-refractivity contribution in [2.45, 2.75) is 6.42 Å². The molecule has 0 aliphatic rings. The Kier molecular flexibility index (Phi) is 5.54. The van der Waals surface area contributed by atoms with Crippen LogP contribution in [0, 0.1) is 13.7 Å². The van der Waals surface area contributed by atoms with Crippen molar-refractivity contribution in [2.24, 2.45) is 7.05 Å². The topological polar surface area (TPSA) is 87.3 Å². The first kappa shape index (κ1) is 19.0. The molecule has 0 unspecified atom stereocenters. The molecule has 7 nitrogen and oxygen atoms in total. The Morgan fingerprint density at radius 3 is 2.44 bits per heavy atom. The molecule has 138 valence electrons. The zero-order chi connectivity index (χ0) is 19.6. The van der Waals surface area contributed by atoms with Crippen molar-refractivity contribution in [1.82, 2.24) is 9.78 Å². The number of rotatable bonds is 6. The van der Waals surface area contributed by atoms with Gasteiger partial charge >= 0.3 is 0 Å². The molecule has 0 bridgehead atoms. The maximum Gasteiger partial charge on any atom is 0.280 e. The second-order valence-corrected chi connectivity index (χ2v) is 7.09. The van der Waals surface area contributed by atoms with Gasteiger partial charge in [0.2, 0.25) is 5.78 Å². The van der Waals surface area contributed by atoms with Gasteiger partial charge in [0.25, 0.3) is 5.69 Å². The molecular weight excluding hydrogens is 461 g/mol. The number of methoxy groups -OCH3 is 1. The molecule has 0 atom stereocenters. The molecule has 0 radical (unpaired) electrons. The standard InChI is InChI=1S/C19H16IN3O4/c1-22-18(16(20)11-21-22)19(24)15-10-13(5-8-17(15)23(25)26)9-12-3-6-14(27-2)7-4-12/h3-8,10-11H,9H2,1-2H3. The van der Waals surface area contributed by atoms with E-state index in [2.05, 4.69) is 5.10 Å². The SMILES string of the molecule is COc1ccc(Cc2ccc([N+](=O)[O-])c(C(=O)c3c(I)cnn3C)c2)cc1. The average molecular weight is 477 g/mol. The van der Waals surface area contributed by atoms with Crippen LogP contribution in [0.5, 0.6) is 5.75 Å². The third-order valence-electron chi connectivity index (χ3n) is 4.18. The highest BCUT2D eigenvalue weighted by Gasteiger charge is 2.25. The highest BCUT2D eigenvalue weighted by molar-refractivity contribution is 14.1. The molecule has 0 amide bonds. The number of hydrogen-bond acceptors (Lipinski definition) is 5. The average Bonchev–Trinajstić information content (AvgIpc) is 3.00. The first-order valence-corrected chi connectivity index (χ1v) is 9.11. The first-order valence-electron chi connectivity index (χ1n) is 8.03. The quantitative estimate of drug-likeness (QED) is 0.234. The summed E-state index contributed by atoms with van der Waals surface area (Å²) in [5.41, 5.74) is 2.01. The summed E-state index contributed by atoms with van der Waals surface area (Å²) < 4.78 is 7.23. The molecule has 0 saturated heterocycles. The molecule has 0 aliphatic heterocycles. The normalized spacial score (nSPS) is 10.6. The lowest BCUT2D eigenvalue weighted by Crippen LogP contribution is -2.12. The van der Waals surface area contributed by atoms with Crippen LogP contribution < -0.4 is 4.74 Å². The van der Waals surface area contributed by atoms with Gasteiger partial charge in [-0.15, -0.1) is 0 Å². The number of aromatic nitrogens is 2. The number of nitro groups is 1. The molecule has 0 saturated carbocycles. The summed E-state index contributed by atoms with van der Waals surface area (Å²) in [5.74, 6) is 0.340. The Balaban J connectivity index is 2.00. The zero-order valence-electron chi connectivity index (χ0n) is 14.7. The second-order valence-electron chi connectivity index (χ2n) is 5.93. The Bertz CT molecular complexity index is 993. The van der Waals surface area contributed by atoms with Gasteiger partial charge in [-0.3, -0.25) is 19.6 Å². The molecule has 8 heteroatoms. The number of aryl methyl sites for hydroxylation is 1. The molecule has 27 heavy (non-hydrogen) atoms. The number of halogens is 1. The molecule has 1 heterocycles. The number of ketones is 1. The summed E-state index contributed by atoms with van der Waals surface area (Å²) in [5, 5.41) is 15.5. The Labute approximate surface area is 169 Å². The molecule has 0 N–H and O–H groups in total. The van der Waals surface area contributed by atoms with Crippen molar-refractivity contribution in [3.63, 3.8) is 0 Å². The fourth-order valence-corrected chi connectivity index (χ4v) is 3.53. The largest absolute Gasteiger partial charge is 0.497 e. The number of nitrogens with zero attached hydrogens (tertiary/aromatic N) is 3. The van der Waals surface area contributed by atoms with Crippen LogP contribution in [0.1, 0.15) is 27.2 Å². The van der Waals surface area contributed by atoms with Gasteiger partial charge in [-0.1, -0.05) is 18.2 Å². The zero-order valence-corrected chi connectivity index (χ0v) is 16.8. The predicted molar refractivity (Wildman–Crippen MR) is 108 cm³/mol. The van der Waals surface area contributed by atoms with Crippen molar-refractivity contribution in [1.29, 1.82) is 0 Å². The van der Waals surface area contributed by atoms with E-state index in [-0.39, 0.29) is 11.3 Å². The fourth-order valence-electron chi connectivity index (χ4n) is 2.81. The molecule has 0 spiro atoms. The van der Waals surface area contributed by atoms with Crippen LogP contribution in [0.4, 0.5) is 5.69 Å². The smallest absolute Gasteiger partial charge is 0.280 e. The van der Waals surface area contributed by atoms with Gasteiger partial charge in [0.1, 0.15) is 17.0 Å². The van der Waals surface area contributed by atoms with Gasteiger partial charge in [0.05, 0.1) is 21.8 Å². The van der Waals surface area contributed by atoms with Crippen LogP contribution in [0.3, 0.4) is 0 Å². The van der Waals surface area contributed by atoms with E-state index in [0.717, 1.165) is 16.9 Å². The van der Waals surface area contributed by atoms with Gasteiger partial charge < -0.3 is 4.74 Å². The highest BCUT2D eigenvalue weighted by atomic mass is 127. The third-order valence-corrected chi connectivity index (χ3v) is 4.97. The third kappa shape index (κ3) is 4.00. The van der Waals surface area contributed by atoms with E-state index in [1.165, 1.54) is 10.7 Å². The summed E-state index contributed by atoms with van der Waals surface area (Å²) in [6.45, 7) is 0. The second kappa shape index (κ2) is 7.87. The number of carbonyl (C=O) groups is 1. The van der Waals surface area contributed by atoms with Crippen LogP contribution in [0.2, 0.25) is 0 Å². The summed E-state index contributed by atoms with van der Waals surface area (Å²) >= 11 is 2.00. The molecule has 0 aliphatic carbocycles. The molecule has 2 aromatic carbocycles. The van der Waals surface area contributed by atoms with E-state index in [9.17, 15) is 14.9 Å². The Hall–Kier alpha value is -2.75. The van der Waals surface area contributed by atoms with E-state index < -0.39 is 10.7 Å². The molecule has 3 rings (SSSR count). The maximum absolute atomic E-state index is 13.0. The maximum atomic E-state index is 13.0. The minimum absolute atomic E-state index is 0.0625. The number of carbonyl (C=O) groups excluding carboxylic acids is 1. The van der Waals surface area contributed by atoms with Gasteiger partial charge in [0, 0.05) is 13.1 Å². The number of nitro benzene ring substituents is 1. The highest BCUT2D eigenvalue weighted by Crippen LogP contribution is 2.26. The number of ether oxygens (including phenoxy) is 1. The molecule has 3 aromatic rings. The van der Waals surface area contributed by atoms with E-state index in [1.54, 1.807) is 32.5 Å². The first-order chi connectivity index (χ1) is 12.9.